The quantitative estimate of drug-likeness (QED) is 0.610. The highest BCUT2D eigenvalue weighted by atomic mass is 19.1. The Kier molecular flexibility index (Phi) is 7.35. The third-order valence-corrected chi connectivity index (χ3v) is 2.83. The molecule has 0 aliphatic rings. The molecule has 1 aromatic rings. The number of hydrogen-bond acceptors (Lipinski definition) is 5. The molecule has 132 valence electrons. The van der Waals surface area contributed by atoms with Crippen molar-refractivity contribution in [1.29, 1.82) is 0 Å². The van der Waals surface area contributed by atoms with Crippen LogP contribution in [0.25, 0.3) is 0 Å². The van der Waals surface area contributed by atoms with Gasteiger partial charge in [0.05, 0.1) is 0 Å². The van der Waals surface area contributed by atoms with Gasteiger partial charge in [-0.2, -0.15) is 4.39 Å². The molecule has 0 heterocycles. The third-order valence-electron chi connectivity index (χ3n) is 2.83. The summed E-state index contributed by atoms with van der Waals surface area (Å²) in [6.07, 6.45) is -1.54. The number of carbonyl (C=O) groups excluding carboxylic acids is 3. The minimum Gasteiger partial charge on any atom is -0.459 e. The molecule has 1 atom stereocenters. The summed E-state index contributed by atoms with van der Waals surface area (Å²) in [7, 11) is 0. The number of halogens is 1. The fraction of sp³-hybridized carbons (Fsp3) is 0.471. The van der Waals surface area contributed by atoms with E-state index in [4.69, 9.17) is 9.47 Å². The summed E-state index contributed by atoms with van der Waals surface area (Å²) in [5, 5.41) is 2.31. The average Bonchev–Trinajstić information content (AvgIpc) is 2.48. The van der Waals surface area contributed by atoms with Crippen molar-refractivity contribution in [1.82, 2.24) is 5.32 Å². The summed E-state index contributed by atoms with van der Waals surface area (Å²) in [6.45, 7) is 5.01. The van der Waals surface area contributed by atoms with E-state index in [0.29, 0.717) is 0 Å². The van der Waals surface area contributed by atoms with E-state index >= 15 is 0 Å². The summed E-state index contributed by atoms with van der Waals surface area (Å²) in [4.78, 5) is 34.4. The summed E-state index contributed by atoms with van der Waals surface area (Å²) in [5.74, 6) is -0.758. The molecule has 24 heavy (non-hydrogen) atoms. The lowest BCUT2D eigenvalue weighted by molar-refractivity contribution is -0.147. The molecule has 1 aromatic carbocycles. The summed E-state index contributed by atoms with van der Waals surface area (Å²) in [6, 6.07) is 6.22. The zero-order valence-corrected chi connectivity index (χ0v) is 14.0. The van der Waals surface area contributed by atoms with Crippen LogP contribution in [0.3, 0.4) is 0 Å². The molecule has 0 bridgehead atoms. The molecular formula is C17H22FNO5. The van der Waals surface area contributed by atoms with Crippen LogP contribution < -0.4 is 5.32 Å². The standard InChI is InChI=1S/C17H22FNO5/c1-17(2,3)24-16(22)19-13(9-10-14(18)20)15(21)23-11-12-7-5-4-6-8-12/h4-8,13H,9-11H2,1-3H3,(H,19,22)/t13-/m0/s1. The highest BCUT2D eigenvalue weighted by molar-refractivity contribution is 5.82. The first-order chi connectivity index (χ1) is 11.2. The van der Waals surface area contributed by atoms with Crippen molar-refractivity contribution >= 4 is 18.1 Å². The number of hydrogen-bond donors (Lipinski definition) is 1. The van der Waals surface area contributed by atoms with Gasteiger partial charge in [0.2, 0.25) is 0 Å². The van der Waals surface area contributed by atoms with Crippen LogP contribution in [0.15, 0.2) is 30.3 Å². The normalized spacial score (nSPS) is 12.2. The van der Waals surface area contributed by atoms with Gasteiger partial charge in [-0.3, -0.25) is 4.79 Å². The number of benzene rings is 1. The van der Waals surface area contributed by atoms with Gasteiger partial charge in [0.15, 0.2) is 0 Å². The Hall–Kier alpha value is -2.44. The van der Waals surface area contributed by atoms with Gasteiger partial charge in [0, 0.05) is 6.42 Å². The molecule has 0 saturated carbocycles. The van der Waals surface area contributed by atoms with Gasteiger partial charge in [0.1, 0.15) is 18.2 Å². The van der Waals surface area contributed by atoms with Crippen LogP contribution in [0.1, 0.15) is 39.2 Å². The second-order valence-electron chi connectivity index (χ2n) is 6.19. The summed E-state index contributed by atoms with van der Waals surface area (Å²) >= 11 is 0. The Bertz CT molecular complexity index is 568. The SMILES string of the molecule is CC(C)(C)OC(=O)N[C@@H](CCC(=O)F)C(=O)OCc1ccccc1. The van der Waals surface area contributed by atoms with Crippen molar-refractivity contribution in [3.63, 3.8) is 0 Å². The van der Waals surface area contributed by atoms with Crippen LogP contribution >= 0.6 is 0 Å². The predicted octanol–water partition coefficient (Wildman–Crippen LogP) is 2.90. The molecule has 0 unspecified atom stereocenters. The molecule has 0 saturated heterocycles. The summed E-state index contributed by atoms with van der Waals surface area (Å²) in [5.41, 5.74) is 0.0156. The summed E-state index contributed by atoms with van der Waals surface area (Å²) < 4.78 is 22.6. The Morgan fingerprint density at radius 3 is 2.33 bits per heavy atom. The maximum Gasteiger partial charge on any atom is 0.408 e. The van der Waals surface area contributed by atoms with Gasteiger partial charge in [-0.15, -0.1) is 0 Å². The number of esters is 1. The van der Waals surface area contributed by atoms with Crippen LogP contribution in [0.5, 0.6) is 0 Å². The van der Waals surface area contributed by atoms with Gasteiger partial charge in [-0.1, -0.05) is 30.3 Å². The van der Waals surface area contributed by atoms with Crippen LogP contribution in [0.2, 0.25) is 0 Å². The maximum atomic E-state index is 12.4. The van der Waals surface area contributed by atoms with Crippen molar-refractivity contribution in [3.05, 3.63) is 35.9 Å². The van der Waals surface area contributed by atoms with E-state index in [1.807, 2.05) is 6.07 Å². The van der Waals surface area contributed by atoms with E-state index in [1.165, 1.54) is 0 Å². The molecule has 0 aromatic heterocycles. The minimum absolute atomic E-state index is 0.00967. The molecule has 0 spiro atoms. The van der Waals surface area contributed by atoms with Crippen LogP contribution in [-0.4, -0.2) is 29.7 Å². The first-order valence-electron chi connectivity index (χ1n) is 7.56. The van der Waals surface area contributed by atoms with E-state index < -0.39 is 36.2 Å². The number of carbonyl (C=O) groups is 3. The predicted molar refractivity (Wildman–Crippen MR) is 84.7 cm³/mol. The van der Waals surface area contributed by atoms with E-state index in [2.05, 4.69) is 5.32 Å². The largest absolute Gasteiger partial charge is 0.459 e. The van der Waals surface area contributed by atoms with E-state index in [9.17, 15) is 18.8 Å². The van der Waals surface area contributed by atoms with Crippen molar-refractivity contribution in [2.24, 2.45) is 0 Å². The first-order valence-corrected chi connectivity index (χ1v) is 7.56. The highest BCUT2D eigenvalue weighted by Gasteiger charge is 2.26. The lowest BCUT2D eigenvalue weighted by Gasteiger charge is -2.22. The second kappa shape index (κ2) is 9.00. The first kappa shape index (κ1) is 19.6. The fourth-order valence-electron chi connectivity index (χ4n) is 1.79. The molecule has 0 radical (unpaired) electrons. The van der Waals surface area contributed by atoms with E-state index in [1.54, 1.807) is 45.0 Å². The van der Waals surface area contributed by atoms with Crippen molar-refractivity contribution < 1.29 is 28.2 Å². The minimum atomic E-state index is -1.57. The van der Waals surface area contributed by atoms with E-state index in [0.717, 1.165) is 5.56 Å². The van der Waals surface area contributed by atoms with Crippen molar-refractivity contribution in [2.45, 2.75) is 51.9 Å². The molecule has 0 aliphatic heterocycles. The molecule has 1 amide bonds. The number of amides is 1. The Morgan fingerprint density at radius 2 is 1.79 bits per heavy atom. The van der Waals surface area contributed by atoms with Gasteiger partial charge in [0.25, 0.3) is 0 Å². The van der Waals surface area contributed by atoms with Crippen LogP contribution in [-0.2, 0) is 25.7 Å². The van der Waals surface area contributed by atoms with Gasteiger partial charge in [-0.25, -0.2) is 9.59 Å². The van der Waals surface area contributed by atoms with Gasteiger partial charge in [-0.05, 0) is 32.8 Å². The Morgan fingerprint density at radius 1 is 1.17 bits per heavy atom. The highest BCUT2D eigenvalue weighted by Crippen LogP contribution is 2.10. The van der Waals surface area contributed by atoms with Gasteiger partial charge >= 0.3 is 18.1 Å². The topological polar surface area (TPSA) is 81.7 Å². The maximum absolute atomic E-state index is 12.4. The molecule has 0 aliphatic carbocycles. The number of alkyl carbamates (subject to hydrolysis) is 1. The lowest BCUT2D eigenvalue weighted by Crippen LogP contribution is -2.44. The average molecular weight is 339 g/mol. The monoisotopic (exact) mass is 339 g/mol. The number of ether oxygens (including phenoxy) is 2. The molecule has 7 heteroatoms. The Balaban J connectivity index is 2.64. The Labute approximate surface area is 140 Å². The number of nitrogens with one attached hydrogen (secondary N) is 1. The molecule has 6 nitrogen and oxygen atoms in total. The molecule has 1 N–H and O–H groups in total. The fourth-order valence-corrected chi connectivity index (χ4v) is 1.79. The lowest BCUT2D eigenvalue weighted by atomic mass is 10.1. The van der Waals surface area contributed by atoms with Crippen molar-refractivity contribution in [2.75, 3.05) is 0 Å². The van der Waals surface area contributed by atoms with Gasteiger partial charge < -0.3 is 14.8 Å². The second-order valence-corrected chi connectivity index (χ2v) is 6.19. The van der Waals surface area contributed by atoms with Crippen molar-refractivity contribution in [3.8, 4) is 0 Å². The smallest absolute Gasteiger partial charge is 0.408 e. The third kappa shape index (κ3) is 8.26. The zero-order chi connectivity index (χ0) is 18.2. The zero-order valence-electron chi connectivity index (χ0n) is 14.0. The molecule has 1 rings (SSSR count). The van der Waals surface area contributed by atoms with Crippen LogP contribution in [0.4, 0.5) is 9.18 Å². The van der Waals surface area contributed by atoms with Crippen LogP contribution in [0, 0.1) is 0 Å². The number of rotatable bonds is 7. The van der Waals surface area contributed by atoms with E-state index in [-0.39, 0.29) is 13.0 Å². The molecule has 0 fully saturated rings. The molecular weight excluding hydrogens is 317 g/mol.